The Bertz CT molecular complexity index is 256. The Morgan fingerprint density at radius 1 is 1.06 bits per heavy atom. The van der Waals surface area contributed by atoms with Gasteiger partial charge in [-0.25, -0.2) is 4.79 Å². The summed E-state index contributed by atoms with van der Waals surface area (Å²) < 4.78 is 9.56. The summed E-state index contributed by atoms with van der Waals surface area (Å²) in [6.45, 7) is 6.19. The van der Waals surface area contributed by atoms with Gasteiger partial charge in [0.05, 0.1) is 13.2 Å². The predicted molar refractivity (Wildman–Crippen MR) is 60.9 cm³/mol. The van der Waals surface area contributed by atoms with Crippen molar-refractivity contribution < 1.29 is 19.1 Å². The van der Waals surface area contributed by atoms with Crippen LogP contribution in [0.15, 0.2) is 11.6 Å². The SMILES string of the molecule is CCOC(=O)/C=C(/C)CCCC(=O)OCC. The quantitative estimate of drug-likeness (QED) is 0.495. The lowest BCUT2D eigenvalue weighted by molar-refractivity contribution is -0.143. The van der Waals surface area contributed by atoms with Crippen molar-refractivity contribution in [2.45, 2.75) is 40.0 Å². The zero-order valence-electron chi connectivity index (χ0n) is 10.2. The molecule has 0 atom stereocenters. The highest BCUT2D eigenvalue weighted by atomic mass is 16.5. The number of hydrogen-bond acceptors (Lipinski definition) is 4. The van der Waals surface area contributed by atoms with Gasteiger partial charge in [0.2, 0.25) is 0 Å². The molecule has 0 amide bonds. The van der Waals surface area contributed by atoms with E-state index >= 15 is 0 Å². The second kappa shape index (κ2) is 8.95. The van der Waals surface area contributed by atoms with Crippen LogP contribution in [0.2, 0.25) is 0 Å². The predicted octanol–water partition coefficient (Wildman–Crippen LogP) is 2.23. The maximum Gasteiger partial charge on any atom is 0.330 e. The summed E-state index contributed by atoms with van der Waals surface area (Å²) in [4.78, 5) is 22.1. The van der Waals surface area contributed by atoms with Crippen molar-refractivity contribution >= 4 is 11.9 Å². The second-order valence-corrected chi connectivity index (χ2v) is 3.40. The lowest BCUT2D eigenvalue weighted by Gasteiger charge is -2.02. The van der Waals surface area contributed by atoms with E-state index in [1.165, 1.54) is 6.08 Å². The van der Waals surface area contributed by atoms with Crippen LogP contribution in [-0.2, 0) is 19.1 Å². The van der Waals surface area contributed by atoms with Crippen molar-refractivity contribution in [2.24, 2.45) is 0 Å². The van der Waals surface area contributed by atoms with E-state index < -0.39 is 0 Å². The number of hydrogen-bond donors (Lipinski definition) is 0. The van der Waals surface area contributed by atoms with Crippen LogP contribution in [0.4, 0.5) is 0 Å². The third-order valence-electron chi connectivity index (χ3n) is 1.91. The van der Waals surface area contributed by atoms with Crippen LogP contribution in [0.1, 0.15) is 40.0 Å². The van der Waals surface area contributed by atoms with Gasteiger partial charge < -0.3 is 9.47 Å². The van der Waals surface area contributed by atoms with Crippen molar-refractivity contribution in [1.29, 1.82) is 0 Å². The molecule has 4 heteroatoms. The topological polar surface area (TPSA) is 52.6 Å². The smallest absolute Gasteiger partial charge is 0.330 e. The summed E-state index contributed by atoms with van der Waals surface area (Å²) in [6.07, 6.45) is 3.26. The molecule has 4 nitrogen and oxygen atoms in total. The summed E-state index contributed by atoms with van der Waals surface area (Å²) in [6, 6.07) is 0. The number of ether oxygens (including phenoxy) is 2. The Kier molecular flexibility index (Phi) is 8.21. The minimum Gasteiger partial charge on any atom is -0.466 e. The van der Waals surface area contributed by atoms with E-state index in [0.29, 0.717) is 32.5 Å². The highest BCUT2D eigenvalue weighted by Crippen LogP contribution is 2.07. The largest absolute Gasteiger partial charge is 0.466 e. The van der Waals surface area contributed by atoms with Crippen LogP contribution in [0.5, 0.6) is 0 Å². The fraction of sp³-hybridized carbons (Fsp3) is 0.667. The maximum absolute atomic E-state index is 11.1. The molecule has 0 aromatic rings. The first-order valence-electron chi connectivity index (χ1n) is 5.59. The molecule has 0 spiro atoms. The zero-order valence-corrected chi connectivity index (χ0v) is 10.2. The molecule has 0 rings (SSSR count). The van der Waals surface area contributed by atoms with E-state index in [1.807, 2.05) is 6.92 Å². The van der Waals surface area contributed by atoms with Crippen LogP contribution in [0.3, 0.4) is 0 Å². The normalized spacial score (nSPS) is 11.1. The van der Waals surface area contributed by atoms with Gasteiger partial charge >= 0.3 is 11.9 Å². The summed E-state index contributed by atoms with van der Waals surface area (Å²) in [7, 11) is 0. The van der Waals surface area contributed by atoms with Gasteiger partial charge in [0.15, 0.2) is 0 Å². The fourth-order valence-corrected chi connectivity index (χ4v) is 1.20. The molecule has 0 bridgehead atoms. The monoisotopic (exact) mass is 228 g/mol. The molecule has 92 valence electrons. The Balaban J connectivity index is 3.76. The van der Waals surface area contributed by atoms with E-state index in [-0.39, 0.29) is 11.9 Å². The van der Waals surface area contributed by atoms with E-state index in [0.717, 1.165) is 5.57 Å². The van der Waals surface area contributed by atoms with Crippen LogP contribution >= 0.6 is 0 Å². The molecule has 0 fully saturated rings. The first kappa shape index (κ1) is 14.7. The Morgan fingerprint density at radius 2 is 1.69 bits per heavy atom. The van der Waals surface area contributed by atoms with Crippen molar-refractivity contribution in [2.75, 3.05) is 13.2 Å². The average Bonchev–Trinajstić information content (AvgIpc) is 2.18. The summed E-state index contributed by atoms with van der Waals surface area (Å²) in [5, 5.41) is 0. The minimum absolute atomic E-state index is 0.188. The zero-order chi connectivity index (χ0) is 12.4. The van der Waals surface area contributed by atoms with Gasteiger partial charge in [-0.05, 0) is 33.6 Å². The van der Waals surface area contributed by atoms with Gasteiger partial charge in [0.1, 0.15) is 0 Å². The molecule has 16 heavy (non-hydrogen) atoms. The summed E-state index contributed by atoms with van der Waals surface area (Å²) >= 11 is 0. The lowest BCUT2D eigenvalue weighted by atomic mass is 10.1. The second-order valence-electron chi connectivity index (χ2n) is 3.40. The molecule has 0 aromatic heterocycles. The van der Waals surface area contributed by atoms with Gasteiger partial charge in [0.25, 0.3) is 0 Å². The van der Waals surface area contributed by atoms with Crippen molar-refractivity contribution in [1.82, 2.24) is 0 Å². The number of carbonyl (C=O) groups is 2. The summed E-state index contributed by atoms with van der Waals surface area (Å²) in [5.41, 5.74) is 0.919. The number of carbonyl (C=O) groups excluding carboxylic acids is 2. The number of esters is 2. The minimum atomic E-state index is -0.323. The first-order chi connectivity index (χ1) is 7.60. The lowest BCUT2D eigenvalue weighted by Crippen LogP contribution is -2.04. The van der Waals surface area contributed by atoms with Gasteiger partial charge in [-0.1, -0.05) is 5.57 Å². The molecular weight excluding hydrogens is 208 g/mol. The van der Waals surface area contributed by atoms with E-state index in [9.17, 15) is 9.59 Å². The molecule has 0 saturated heterocycles. The Morgan fingerprint density at radius 3 is 2.25 bits per heavy atom. The van der Waals surface area contributed by atoms with E-state index in [2.05, 4.69) is 0 Å². The maximum atomic E-state index is 11.1. The molecule has 0 aliphatic heterocycles. The number of allylic oxidation sites excluding steroid dienone is 1. The average molecular weight is 228 g/mol. The van der Waals surface area contributed by atoms with Gasteiger partial charge in [-0.15, -0.1) is 0 Å². The highest BCUT2D eigenvalue weighted by Gasteiger charge is 2.02. The van der Waals surface area contributed by atoms with Gasteiger partial charge in [-0.3, -0.25) is 4.79 Å². The third-order valence-corrected chi connectivity index (χ3v) is 1.91. The van der Waals surface area contributed by atoms with Crippen molar-refractivity contribution in [3.05, 3.63) is 11.6 Å². The van der Waals surface area contributed by atoms with E-state index in [4.69, 9.17) is 9.47 Å². The summed E-state index contributed by atoms with van der Waals surface area (Å²) in [5.74, 6) is -0.512. The molecule has 0 saturated carbocycles. The number of rotatable bonds is 7. The van der Waals surface area contributed by atoms with Crippen LogP contribution in [0.25, 0.3) is 0 Å². The molecule has 0 aliphatic carbocycles. The van der Waals surface area contributed by atoms with Gasteiger partial charge in [-0.2, -0.15) is 0 Å². The molecule has 0 radical (unpaired) electrons. The Labute approximate surface area is 96.6 Å². The van der Waals surface area contributed by atoms with Crippen LogP contribution in [0, 0.1) is 0 Å². The Hall–Kier alpha value is -1.32. The highest BCUT2D eigenvalue weighted by molar-refractivity contribution is 5.82. The molecule has 0 N–H and O–H groups in total. The van der Waals surface area contributed by atoms with E-state index in [1.54, 1.807) is 13.8 Å². The first-order valence-corrected chi connectivity index (χ1v) is 5.59. The van der Waals surface area contributed by atoms with Crippen molar-refractivity contribution in [3.8, 4) is 0 Å². The third kappa shape index (κ3) is 8.03. The molecule has 0 aromatic carbocycles. The van der Waals surface area contributed by atoms with Gasteiger partial charge in [0, 0.05) is 12.5 Å². The fourth-order valence-electron chi connectivity index (χ4n) is 1.20. The molecule has 0 unspecified atom stereocenters. The molecular formula is C12H20O4. The van der Waals surface area contributed by atoms with Crippen LogP contribution in [-0.4, -0.2) is 25.2 Å². The van der Waals surface area contributed by atoms with Crippen molar-refractivity contribution in [3.63, 3.8) is 0 Å². The molecule has 0 aliphatic rings. The standard InChI is InChI=1S/C12H20O4/c1-4-15-11(13)8-6-7-10(3)9-12(14)16-5-2/h9H,4-8H2,1-3H3/b10-9-. The van der Waals surface area contributed by atoms with Crippen LogP contribution < -0.4 is 0 Å². The molecule has 0 heterocycles.